The first kappa shape index (κ1) is 9.50. The number of hydrogen-bond acceptors (Lipinski definition) is 4. The van der Waals surface area contributed by atoms with Crippen LogP contribution in [0, 0.1) is 5.92 Å². The van der Waals surface area contributed by atoms with Gasteiger partial charge in [-0.3, -0.25) is 14.4 Å². The van der Waals surface area contributed by atoms with Gasteiger partial charge in [-0.1, -0.05) is 38.0 Å². The molecule has 0 bridgehead atoms. The summed E-state index contributed by atoms with van der Waals surface area (Å²) in [5, 5.41) is 13.6. The highest BCUT2D eigenvalue weighted by Crippen LogP contribution is 2.24. The average Bonchev–Trinajstić information content (AvgIpc) is 2.79. The monoisotopic (exact) mass is 372 g/mol. The Labute approximate surface area is 169 Å². The van der Waals surface area contributed by atoms with Crippen molar-refractivity contribution in [3.63, 3.8) is 0 Å². The first-order valence-electron chi connectivity index (χ1n) is 13.2. The number of aliphatic hydroxyl groups is 1. The molecule has 1 heterocycles. The number of hydrogen-bond donors (Lipinski definition) is 3. The molecule has 3 amide bonds. The molecule has 7 heteroatoms. The largest absolute Gasteiger partial charge is 0.383 e. The van der Waals surface area contributed by atoms with Gasteiger partial charge in [0.15, 0.2) is 0 Å². The highest BCUT2D eigenvalue weighted by molar-refractivity contribution is 5.93. The van der Waals surface area contributed by atoms with Gasteiger partial charge in [0.1, 0.15) is 18.1 Å². The Morgan fingerprint density at radius 2 is 2.04 bits per heavy atom. The van der Waals surface area contributed by atoms with Gasteiger partial charge >= 0.3 is 0 Å². The van der Waals surface area contributed by atoms with Gasteiger partial charge in [0.2, 0.25) is 17.7 Å². The molecule has 0 fully saturated rings. The molecule has 7 nitrogen and oxygen atoms in total. The maximum atomic E-state index is 13.4. The number of benzene rings is 1. The number of nitrogens with zero attached hydrogens (tertiary/aromatic N) is 1. The van der Waals surface area contributed by atoms with Gasteiger partial charge in [0, 0.05) is 19.0 Å². The first-order valence-corrected chi connectivity index (χ1v) is 7.67. The summed E-state index contributed by atoms with van der Waals surface area (Å²) in [6.07, 6.45) is -6.08. The smallest absolute Gasteiger partial charge is 0.249 e. The van der Waals surface area contributed by atoms with Crippen LogP contribution in [0.25, 0.3) is 0 Å². The molecule has 1 aromatic rings. The number of amides is 3. The third-order valence-electron chi connectivity index (χ3n) is 3.46. The number of nitrogens with one attached hydrogen (secondary N) is 2. The van der Waals surface area contributed by atoms with Gasteiger partial charge in [-0.25, -0.2) is 0 Å². The van der Waals surface area contributed by atoms with Crippen molar-refractivity contribution in [1.82, 2.24) is 15.5 Å². The summed E-state index contributed by atoms with van der Waals surface area (Å²) >= 11 is 0. The van der Waals surface area contributed by atoms with E-state index in [1.54, 1.807) is 10.6 Å². The molecule has 0 aliphatic carbocycles. The Kier molecular flexibility index (Phi) is 3.04. The molecular formula is C19H27N3O4. The lowest BCUT2D eigenvalue weighted by molar-refractivity contribution is -0.137. The van der Waals surface area contributed by atoms with Crippen LogP contribution in [0.2, 0.25) is 0 Å². The average molecular weight is 373 g/mol. The fraction of sp³-hybridized carbons (Fsp3) is 0.526. The summed E-state index contributed by atoms with van der Waals surface area (Å²) in [5.74, 6) is -5.69. The SMILES string of the molecule is [2H]c1c([2H])c([2H])c2c(c1[2H])C([2H])([2H])C([2H])([2H])N(C)C(=O)[C@@]2([2H])NC(=O)[C@]([2H])(C)NC(=O)[C@@]([2H])(O)C(C)C. The Morgan fingerprint density at radius 1 is 1.38 bits per heavy atom. The van der Waals surface area contributed by atoms with Gasteiger partial charge < -0.3 is 20.6 Å². The topological polar surface area (TPSA) is 98.7 Å². The molecule has 0 saturated carbocycles. The van der Waals surface area contributed by atoms with E-state index >= 15 is 0 Å². The number of carbonyl (C=O) groups is 3. The number of carbonyl (C=O) groups excluding carboxylic acids is 3. The van der Waals surface area contributed by atoms with Gasteiger partial charge in [0.25, 0.3) is 0 Å². The second kappa shape index (κ2) is 8.31. The van der Waals surface area contributed by atoms with Crippen LogP contribution in [0.4, 0.5) is 0 Å². The molecule has 1 aliphatic heterocycles. The van der Waals surface area contributed by atoms with E-state index in [2.05, 4.69) is 0 Å². The zero-order chi connectivity index (χ0) is 29.3. The van der Waals surface area contributed by atoms with E-state index < -0.39 is 89.9 Å². The van der Waals surface area contributed by atoms with Crippen LogP contribution in [-0.2, 0) is 20.8 Å². The van der Waals surface area contributed by atoms with Crippen LogP contribution in [0.15, 0.2) is 24.2 Å². The van der Waals surface area contributed by atoms with Crippen molar-refractivity contribution < 1.29 is 34.6 Å². The van der Waals surface area contributed by atoms with Crippen molar-refractivity contribution in [2.75, 3.05) is 13.5 Å². The Hall–Kier alpha value is -2.41. The molecule has 26 heavy (non-hydrogen) atoms. The third kappa shape index (κ3) is 4.40. The van der Waals surface area contributed by atoms with E-state index in [0.717, 1.165) is 14.0 Å². The molecule has 1 aromatic carbocycles. The summed E-state index contributed by atoms with van der Waals surface area (Å²) in [4.78, 5) is 38.9. The van der Waals surface area contributed by atoms with Crippen LogP contribution < -0.4 is 10.6 Å². The van der Waals surface area contributed by atoms with Gasteiger partial charge in [0.05, 0.1) is 9.60 Å². The summed E-state index contributed by atoms with van der Waals surface area (Å²) < 4.78 is 90.3. The fourth-order valence-corrected chi connectivity index (χ4v) is 1.94. The minimum Gasteiger partial charge on any atom is -0.383 e. The normalized spacial score (nSPS) is 34.6. The van der Waals surface area contributed by atoms with E-state index in [1.807, 2.05) is 0 Å². The van der Waals surface area contributed by atoms with Crippen molar-refractivity contribution in [1.29, 1.82) is 0 Å². The zero-order valence-corrected chi connectivity index (χ0v) is 14.7. The zero-order valence-electron chi connectivity index (χ0n) is 25.7. The first-order chi connectivity index (χ1) is 16.4. The molecule has 0 spiro atoms. The van der Waals surface area contributed by atoms with Gasteiger partial charge in [-0.2, -0.15) is 0 Å². The van der Waals surface area contributed by atoms with Crippen molar-refractivity contribution in [3.8, 4) is 0 Å². The number of likely N-dealkylation sites (N-methyl/N-ethyl adjacent to an activating group) is 1. The number of fused-ring (bicyclic) bond motifs is 1. The minimum atomic E-state index is -3.31. The predicted molar refractivity (Wildman–Crippen MR) is 97.1 cm³/mol. The second-order valence-electron chi connectivity index (χ2n) is 5.80. The maximum Gasteiger partial charge on any atom is 0.249 e. The molecule has 142 valence electrons. The standard InChI is InChI=1S/C19H27N3O4/c1-11(2)16(23)18(25)20-12(3)17(24)21-15-14-8-6-5-7-13(14)9-10-22(4)19(15)26/h5-8,11-12,15-16,23H,9-10H2,1-4H3,(H,20,25)(H,21,24)/t12-,15-,16-/m0/s1/i5D,6D,7D,8D,9D2,10D2,12D,15D,16D. The highest BCUT2D eigenvalue weighted by Gasteiger charge is 2.32. The lowest BCUT2D eigenvalue weighted by atomic mass is 9.99. The predicted octanol–water partition coefficient (Wildman–Crippen LogP) is 0.380. The summed E-state index contributed by atoms with van der Waals surface area (Å²) in [7, 11) is 0.766. The third-order valence-corrected chi connectivity index (χ3v) is 3.46. The van der Waals surface area contributed by atoms with Crippen LogP contribution in [0.1, 0.15) is 53.0 Å². The molecule has 1 aliphatic rings. The van der Waals surface area contributed by atoms with E-state index in [1.165, 1.54) is 13.8 Å². The lowest BCUT2D eigenvalue weighted by Gasteiger charge is -2.24. The van der Waals surface area contributed by atoms with Crippen LogP contribution in [0.5, 0.6) is 0 Å². The van der Waals surface area contributed by atoms with E-state index in [0.29, 0.717) is 0 Å². The van der Waals surface area contributed by atoms with Crippen molar-refractivity contribution in [2.45, 2.75) is 45.3 Å². The Morgan fingerprint density at radius 3 is 2.69 bits per heavy atom. The van der Waals surface area contributed by atoms with Crippen LogP contribution >= 0.6 is 0 Å². The number of rotatable bonds is 5. The molecule has 0 saturated heterocycles. The summed E-state index contributed by atoms with van der Waals surface area (Å²) in [6, 6.07) is -10.2. The van der Waals surface area contributed by atoms with Gasteiger partial charge in [-0.05, 0) is 30.3 Å². The summed E-state index contributed by atoms with van der Waals surface area (Å²) in [6.45, 7) is 0.143. The molecular weight excluding hydrogens is 334 g/mol. The summed E-state index contributed by atoms with van der Waals surface area (Å²) in [5.41, 5.74) is -2.18. The van der Waals surface area contributed by atoms with Gasteiger partial charge in [-0.15, -0.1) is 0 Å². The van der Waals surface area contributed by atoms with Crippen molar-refractivity contribution in [2.24, 2.45) is 5.92 Å². The Balaban J connectivity index is 2.79. The minimum absolute atomic E-state index is 0.133. The quantitative estimate of drug-likeness (QED) is 0.696. The lowest BCUT2D eigenvalue weighted by Crippen LogP contribution is -2.51. The van der Waals surface area contributed by atoms with Crippen molar-refractivity contribution in [3.05, 3.63) is 35.3 Å². The highest BCUT2D eigenvalue weighted by atomic mass is 16.3. The second-order valence-corrected chi connectivity index (χ2v) is 5.80. The maximum absolute atomic E-state index is 13.4. The van der Waals surface area contributed by atoms with Crippen molar-refractivity contribution >= 4 is 17.7 Å². The molecule has 0 aromatic heterocycles. The van der Waals surface area contributed by atoms with E-state index in [9.17, 15) is 19.5 Å². The molecule has 0 radical (unpaired) electrons. The Bertz CT molecular complexity index is 1170. The fourth-order valence-electron chi connectivity index (χ4n) is 1.94. The van der Waals surface area contributed by atoms with E-state index in [-0.39, 0.29) is 4.90 Å². The molecule has 3 N–H and O–H groups in total. The molecule has 3 atom stereocenters. The van der Waals surface area contributed by atoms with Crippen LogP contribution in [0.3, 0.4) is 0 Å². The van der Waals surface area contributed by atoms with E-state index in [4.69, 9.17) is 15.1 Å². The van der Waals surface area contributed by atoms with Crippen LogP contribution in [-0.4, -0.2) is 53.4 Å². The molecule has 0 unspecified atom stereocenters. The molecule has 2 rings (SSSR count).